The van der Waals surface area contributed by atoms with Crippen LogP contribution in [0, 0.1) is 0 Å². The van der Waals surface area contributed by atoms with Crippen molar-refractivity contribution in [3.63, 3.8) is 0 Å². The monoisotopic (exact) mass is 407 g/mol. The van der Waals surface area contributed by atoms with Crippen molar-refractivity contribution < 1.29 is 13.2 Å². The number of Topliss-reactive ketones (excluding diaryl/α,β-unsaturated/α-hetero) is 1. The van der Waals surface area contributed by atoms with Crippen LogP contribution >= 0.6 is 11.6 Å². The number of imidazole rings is 1. The van der Waals surface area contributed by atoms with Crippen molar-refractivity contribution in [1.82, 2.24) is 13.4 Å². The fourth-order valence-electron chi connectivity index (χ4n) is 2.84. The summed E-state index contributed by atoms with van der Waals surface area (Å²) in [5.74, 6) is -0.342. The first-order valence-corrected chi connectivity index (χ1v) is 9.85. The maximum absolute atomic E-state index is 12.9. The van der Waals surface area contributed by atoms with Crippen molar-refractivity contribution in [2.45, 2.75) is 4.90 Å². The van der Waals surface area contributed by atoms with Gasteiger partial charge in [-0.25, -0.2) is 13.2 Å². The Kier molecular flexibility index (Phi) is 4.98. The Morgan fingerprint density at radius 3 is 2.26 bits per heavy atom. The van der Waals surface area contributed by atoms with Crippen LogP contribution in [0.1, 0.15) is 10.4 Å². The lowest BCUT2D eigenvalue weighted by Crippen LogP contribution is -2.32. The molecule has 1 aromatic heterocycles. The molecule has 0 aliphatic rings. The number of hydrogen-bond acceptors (Lipinski definition) is 4. The van der Waals surface area contributed by atoms with Gasteiger partial charge >= 0.3 is 5.69 Å². The third-order valence-corrected chi connectivity index (χ3v) is 6.54. The molecular formula is C18H18ClN3O4S. The Morgan fingerprint density at radius 1 is 1.04 bits per heavy atom. The number of sulfonamides is 1. The second-order valence-electron chi connectivity index (χ2n) is 6.24. The lowest BCUT2D eigenvalue weighted by molar-refractivity contribution is 0.0973. The second kappa shape index (κ2) is 6.95. The summed E-state index contributed by atoms with van der Waals surface area (Å²) in [6.07, 6.45) is 0. The largest absolute Gasteiger partial charge is 0.328 e. The molecule has 0 saturated carbocycles. The molecule has 9 heteroatoms. The van der Waals surface area contributed by atoms with Gasteiger partial charge in [-0.05, 0) is 42.5 Å². The van der Waals surface area contributed by atoms with Gasteiger partial charge in [-0.3, -0.25) is 13.9 Å². The van der Waals surface area contributed by atoms with Crippen LogP contribution in [0.5, 0.6) is 0 Å². The van der Waals surface area contributed by atoms with Crippen LogP contribution in [0.2, 0.25) is 5.02 Å². The smallest absolute Gasteiger partial charge is 0.295 e. The lowest BCUT2D eigenvalue weighted by Gasteiger charge is -2.16. The number of rotatable bonds is 5. The topological polar surface area (TPSA) is 81.4 Å². The molecule has 0 aliphatic carbocycles. The average Bonchev–Trinajstić information content (AvgIpc) is 2.86. The molecule has 0 spiro atoms. The van der Waals surface area contributed by atoms with E-state index in [0.717, 1.165) is 4.31 Å². The Balaban J connectivity index is 1.92. The number of likely N-dealkylation sites (N-methyl/N-ethyl adjacent to an activating group) is 1. The number of carbonyl (C=O) groups is 1. The van der Waals surface area contributed by atoms with Crippen molar-refractivity contribution >= 4 is 38.4 Å². The molecular weight excluding hydrogens is 390 g/mol. The number of aryl methyl sites for hydroxylation is 2. The molecule has 7 nitrogen and oxygen atoms in total. The van der Waals surface area contributed by atoms with E-state index in [1.807, 2.05) is 0 Å². The third kappa shape index (κ3) is 3.43. The van der Waals surface area contributed by atoms with Crippen molar-refractivity contribution in [2.75, 3.05) is 13.6 Å². The van der Waals surface area contributed by atoms with Gasteiger partial charge in [0.05, 0.1) is 22.5 Å². The number of benzene rings is 2. The van der Waals surface area contributed by atoms with E-state index in [1.54, 1.807) is 44.4 Å². The molecule has 142 valence electrons. The third-order valence-electron chi connectivity index (χ3n) is 4.48. The normalized spacial score (nSPS) is 12.0. The molecule has 27 heavy (non-hydrogen) atoms. The highest BCUT2D eigenvalue weighted by atomic mass is 35.5. The van der Waals surface area contributed by atoms with Gasteiger partial charge in [0.15, 0.2) is 5.78 Å². The molecule has 0 atom stereocenters. The molecule has 2 aromatic carbocycles. The molecule has 0 fully saturated rings. The molecule has 3 aromatic rings. The highest BCUT2D eigenvalue weighted by molar-refractivity contribution is 7.89. The van der Waals surface area contributed by atoms with E-state index >= 15 is 0 Å². The molecule has 3 rings (SSSR count). The Labute approximate surface area is 161 Å². The van der Waals surface area contributed by atoms with Crippen LogP contribution < -0.4 is 5.69 Å². The first-order valence-electron chi connectivity index (χ1n) is 8.03. The van der Waals surface area contributed by atoms with Gasteiger partial charge in [0, 0.05) is 31.7 Å². The van der Waals surface area contributed by atoms with Crippen LogP contribution in [0.15, 0.2) is 52.2 Å². The zero-order chi connectivity index (χ0) is 19.9. The predicted octanol–water partition coefficient (Wildman–Crippen LogP) is 2.03. The highest BCUT2D eigenvalue weighted by Crippen LogP contribution is 2.21. The van der Waals surface area contributed by atoms with Gasteiger partial charge in [0.1, 0.15) is 0 Å². The van der Waals surface area contributed by atoms with Gasteiger partial charge < -0.3 is 0 Å². The lowest BCUT2D eigenvalue weighted by atomic mass is 10.1. The van der Waals surface area contributed by atoms with E-state index in [4.69, 9.17) is 11.6 Å². The summed E-state index contributed by atoms with van der Waals surface area (Å²) in [6, 6.07) is 10.7. The summed E-state index contributed by atoms with van der Waals surface area (Å²) in [5.41, 5.74) is 1.26. The van der Waals surface area contributed by atoms with E-state index in [-0.39, 0.29) is 22.9 Å². The zero-order valence-electron chi connectivity index (χ0n) is 15.0. The number of carbonyl (C=O) groups excluding carboxylic acids is 1. The van der Waals surface area contributed by atoms with Crippen molar-refractivity contribution in [1.29, 1.82) is 0 Å². The van der Waals surface area contributed by atoms with Crippen LogP contribution in [0.3, 0.4) is 0 Å². The second-order valence-corrected chi connectivity index (χ2v) is 8.72. The number of ketones is 1. The minimum Gasteiger partial charge on any atom is -0.295 e. The number of halogens is 1. The molecule has 0 unspecified atom stereocenters. The fraction of sp³-hybridized carbons (Fsp3) is 0.222. The average molecular weight is 408 g/mol. The predicted molar refractivity (Wildman–Crippen MR) is 104 cm³/mol. The van der Waals surface area contributed by atoms with Gasteiger partial charge in [0.25, 0.3) is 0 Å². The zero-order valence-corrected chi connectivity index (χ0v) is 16.6. The first kappa shape index (κ1) is 19.3. The SMILES string of the molecule is CN(CC(=O)c1ccc(Cl)cc1)S(=O)(=O)c1ccc2c(c1)n(C)c(=O)n2C. The molecule has 0 saturated heterocycles. The summed E-state index contributed by atoms with van der Waals surface area (Å²) in [7, 11) is 0.643. The van der Waals surface area contributed by atoms with Gasteiger partial charge in [-0.1, -0.05) is 11.6 Å². The van der Waals surface area contributed by atoms with Crippen molar-refractivity contribution in [3.8, 4) is 0 Å². The summed E-state index contributed by atoms with van der Waals surface area (Å²) in [5, 5.41) is 0.495. The number of nitrogens with zero attached hydrogens (tertiary/aromatic N) is 3. The fourth-order valence-corrected chi connectivity index (χ4v) is 4.11. The van der Waals surface area contributed by atoms with E-state index in [0.29, 0.717) is 21.6 Å². The molecule has 1 heterocycles. The number of fused-ring (bicyclic) bond motifs is 1. The van der Waals surface area contributed by atoms with Crippen LogP contribution in [-0.4, -0.2) is 41.2 Å². The number of hydrogen-bond donors (Lipinski definition) is 0. The van der Waals surface area contributed by atoms with Crippen LogP contribution in [0.25, 0.3) is 11.0 Å². The molecule has 0 bridgehead atoms. The van der Waals surface area contributed by atoms with Gasteiger partial charge in [-0.2, -0.15) is 4.31 Å². The minimum atomic E-state index is -3.90. The summed E-state index contributed by atoms with van der Waals surface area (Å²) in [6.45, 7) is -0.310. The van der Waals surface area contributed by atoms with Crippen molar-refractivity contribution in [2.24, 2.45) is 14.1 Å². The van der Waals surface area contributed by atoms with Crippen LogP contribution in [-0.2, 0) is 24.1 Å². The molecule has 0 radical (unpaired) electrons. The maximum atomic E-state index is 12.9. The standard InChI is InChI=1S/C18H18ClN3O4S/c1-20(11-17(23)12-4-6-13(19)7-5-12)27(25,26)14-8-9-15-16(10-14)22(3)18(24)21(15)2/h4-10H,11H2,1-3H3. The molecule has 0 N–H and O–H groups in total. The van der Waals surface area contributed by atoms with Gasteiger partial charge in [0.2, 0.25) is 10.0 Å². The van der Waals surface area contributed by atoms with Crippen LogP contribution in [0.4, 0.5) is 0 Å². The number of aromatic nitrogens is 2. The van der Waals surface area contributed by atoms with E-state index < -0.39 is 10.0 Å². The Bertz CT molecular complexity index is 1190. The summed E-state index contributed by atoms with van der Waals surface area (Å²) < 4.78 is 29.5. The Hall–Kier alpha value is -2.42. The molecule has 0 aliphatic heterocycles. The van der Waals surface area contributed by atoms with E-state index in [9.17, 15) is 18.0 Å². The quantitative estimate of drug-likeness (QED) is 0.606. The Morgan fingerprint density at radius 2 is 1.63 bits per heavy atom. The minimum absolute atomic E-state index is 0.0163. The van der Waals surface area contributed by atoms with Gasteiger partial charge in [-0.15, -0.1) is 0 Å². The van der Waals surface area contributed by atoms with E-state index in [1.165, 1.54) is 28.3 Å². The summed E-state index contributed by atoms with van der Waals surface area (Å²) in [4.78, 5) is 24.4. The maximum Gasteiger partial charge on any atom is 0.328 e. The van der Waals surface area contributed by atoms with E-state index in [2.05, 4.69) is 0 Å². The van der Waals surface area contributed by atoms with Crippen molar-refractivity contribution in [3.05, 3.63) is 63.5 Å². The highest BCUT2D eigenvalue weighted by Gasteiger charge is 2.24. The summed E-state index contributed by atoms with van der Waals surface area (Å²) >= 11 is 5.80. The first-order chi connectivity index (χ1) is 12.6. The molecule has 0 amide bonds.